The molecule has 3 heteroatoms. The molecule has 0 aliphatic rings. The number of carbonyl (C=O) groups excluding carboxylic acids is 1. The molecule has 0 aromatic heterocycles. The number of fused-ring (bicyclic) bond motifs is 1. The van der Waals surface area contributed by atoms with E-state index in [1.807, 2.05) is 57.2 Å². The van der Waals surface area contributed by atoms with Crippen LogP contribution in [0.2, 0.25) is 0 Å². The van der Waals surface area contributed by atoms with E-state index in [4.69, 9.17) is 9.47 Å². The molecule has 23 heavy (non-hydrogen) atoms. The summed E-state index contributed by atoms with van der Waals surface area (Å²) in [5.74, 6) is 0.553. The second kappa shape index (κ2) is 7.32. The predicted octanol–water partition coefficient (Wildman–Crippen LogP) is 4.98. The number of carbonyl (C=O) groups is 1. The molecule has 0 heterocycles. The van der Waals surface area contributed by atoms with Crippen molar-refractivity contribution in [3.63, 3.8) is 0 Å². The maximum atomic E-state index is 11.7. The number of hydrogen-bond donors (Lipinski definition) is 0. The van der Waals surface area contributed by atoms with Crippen LogP contribution in [0.3, 0.4) is 0 Å². The maximum Gasteiger partial charge on any atom is 0.331 e. The minimum Gasteiger partial charge on any atom is -0.494 e. The van der Waals surface area contributed by atoms with Crippen molar-refractivity contribution in [1.29, 1.82) is 0 Å². The summed E-state index contributed by atoms with van der Waals surface area (Å²) in [6.45, 7) is 8.37. The summed E-state index contributed by atoms with van der Waals surface area (Å²) < 4.78 is 10.9. The molecule has 3 nitrogen and oxygen atoms in total. The van der Waals surface area contributed by atoms with E-state index in [-0.39, 0.29) is 5.97 Å². The van der Waals surface area contributed by atoms with Crippen LogP contribution < -0.4 is 4.74 Å². The Morgan fingerprint density at radius 3 is 2.48 bits per heavy atom. The van der Waals surface area contributed by atoms with Crippen molar-refractivity contribution in [1.82, 2.24) is 0 Å². The number of rotatable bonds is 5. The summed E-state index contributed by atoms with van der Waals surface area (Å²) in [4.78, 5) is 11.7. The van der Waals surface area contributed by atoms with E-state index in [9.17, 15) is 4.79 Å². The van der Waals surface area contributed by atoms with Crippen molar-refractivity contribution < 1.29 is 14.3 Å². The molecule has 0 fully saturated rings. The Kier molecular flexibility index (Phi) is 5.43. The van der Waals surface area contributed by atoms with E-state index in [1.54, 1.807) is 6.08 Å². The maximum absolute atomic E-state index is 11.7. The Labute approximate surface area is 137 Å². The molecule has 2 aromatic carbocycles. The Bertz CT molecular complexity index is 708. The lowest BCUT2D eigenvalue weighted by molar-refractivity contribution is -0.148. The summed E-state index contributed by atoms with van der Waals surface area (Å²) in [7, 11) is 0. The van der Waals surface area contributed by atoms with Gasteiger partial charge in [0.05, 0.1) is 6.61 Å². The molecule has 0 saturated heterocycles. The van der Waals surface area contributed by atoms with Gasteiger partial charge in [0.15, 0.2) is 0 Å². The molecule has 0 bridgehead atoms. The smallest absolute Gasteiger partial charge is 0.331 e. The van der Waals surface area contributed by atoms with Gasteiger partial charge in [-0.3, -0.25) is 0 Å². The van der Waals surface area contributed by atoms with E-state index >= 15 is 0 Å². The van der Waals surface area contributed by atoms with Crippen molar-refractivity contribution in [2.24, 2.45) is 0 Å². The van der Waals surface area contributed by atoms with Crippen molar-refractivity contribution in [3.8, 4) is 5.75 Å². The van der Waals surface area contributed by atoms with Gasteiger partial charge in [-0.2, -0.15) is 0 Å². The number of ether oxygens (including phenoxy) is 2. The third-order valence-electron chi connectivity index (χ3n) is 3.13. The standard InChI is InChI=1S/C20H24O3/c1-5-12-22-18-10-9-16-13-15(6-8-17(16)14-18)7-11-19(21)23-20(2,3)4/h6-11,13-14H,5,12H2,1-4H3/b11-7+. The fourth-order valence-corrected chi connectivity index (χ4v) is 2.16. The van der Waals surface area contributed by atoms with Gasteiger partial charge in [-0.05, 0) is 67.8 Å². The lowest BCUT2D eigenvalue weighted by atomic mass is 10.1. The molecule has 0 unspecified atom stereocenters. The second-order valence-corrected chi connectivity index (χ2v) is 6.48. The molecule has 122 valence electrons. The molecular weight excluding hydrogens is 288 g/mol. The van der Waals surface area contributed by atoms with Gasteiger partial charge in [0.2, 0.25) is 0 Å². The normalized spacial score (nSPS) is 11.8. The topological polar surface area (TPSA) is 35.5 Å². The Morgan fingerprint density at radius 1 is 1.09 bits per heavy atom. The first-order chi connectivity index (χ1) is 10.9. The van der Waals surface area contributed by atoms with Crippen molar-refractivity contribution in [2.45, 2.75) is 39.7 Å². The third kappa shape index (κ3) is 5.44. The average Bonchev–Trinajstić information content (AvgIpc) is 2.49. The van der Waals surface area contributed by atoms with Crippen molar-refractivity contribution in [2.75, 3.05) is 6.61 Å². The van der Waals surface area contributed by atoms with Crippen LogP contribution in [-0.4, -0.2) is 18.2 Å². The number of esters is 1. The monoisotopic (exact) mass is 312 g/mol. The van der Waals surface area contributed by atoms with Crippen molar-refractivity contribution in [3.05, 3.63) is 48.0 Å². The molecule has 2 rings (SSSR count). The van der Waals surface area contributed by atoms with E-state index in [2.05, 4.69) is 6.92 Å². The fraction of sp³-hybridized carbons (Fsp3) is 0.350. The minimum absolute atomic E-state index is 0.332. The van der Waals surface area contributed by atoms with Crippen LogP contribution >= 0.6 is 0 Å². The lowest BCUT2D eigenvalue weighted by Gasteiger charge is -2.17. The predicted molar refractivity (Wildman–Crippen MR) is 94.6 cm³/mol. The first-order valence-corrected chi connectivity index (χ1v) is 7.95. The SMILES string of the molecule is CCCOc1ccc2cc(/C=C/C(=O)OC(C)(C)C)ccc2c1. The van der Waals surface area contributed by atoms with Crippen LogP contribution in [0.1, 0.15) is 39.7 Å². The zero-order chi connectivity index (χ0) is 16.9. The van der Waals surface area contributed by atoms with Crippen LogP contribution in [0.4, 0.5) is 0 Å². The first kappa shape index (κ1) is 17.1. The van der Waals surface area contributed by atoms with Gasteiger partial charge in [-0.15, -0.1) is 0 Å². The van der Waals surface area contributed by atoms with Gasteiger partial charge in [-0.25, -0.2) is 4.79 Å². The van der Waals surface area contributed by atoms with Gasteiger partial charge in [0.1, 0.15) is 11.4 Å². The molecular formula is C20H24O3. The zero-order valence-electron chi connectivity index (χ0n) is 14.3. The highest BCUT2D eigenvalue weighted by molar-refractivity contribution is 5.90. The van der Waals surface area contributed by atoms with Gasteiger partial charge in [0.25, 0.3) is 0 Å². The molecule has 0 N–H and O–H groups in total. The Balaban J connectivity index is 2.12. The quantitative estimate of drug-likeness (QED) is 0.577. The van der Waals surface area contributed by atoms with E-state index in [1.165, 1.54) is 6.08 Å². The molecule has 2 aromatic rings. The van der Waals surface area contributed by atoms with Gasteiger partial charge < -0.3 is 9.47 Å². The molecule has 0 saturated carbocycles. The highest BCUT2D eigenvalue weighted by Gasteiger charge is 2.13. The van der Waals surface area contributed by atoms with Crippen LogP contribution in [0.15, 0.2) is 42.5 Å². The largest absolute Gasteiger partial charge is 0.494 e. The Hall–Kier alpha value is -2.29. The zero-order valence-corrected chi connectivity index (χ0v) is 14.3. The fourth-order valence-electron chi connectivity index (χ4n) is 2.16. The van der Waals surface area contributed by atoms with E-state index < -0.39 is 5.60 Å². The molecule has 0 aliphatic carbocycles. The van der Waals surface area contributed by atoms with E-state index in [0.717, 1.165) is 35.1 Å². The van der Waals surface area contributed by atoms with Gasteiger partial charge in [-0.1, -0.05) is 25.1 Å². The summed E-state index contributed by atoms with van der Waals surface area (Å²) in [6, 6.07) is 12.1. The molecule has 0 atom stereocenters. The van der Waals surface area contributed by atoms with Crippen LogP contribution in [0, 0.1) is 0 Å². The van der Waals surface area contributed by atoms with Crippen LogP contribution in [0.25, 0.3) is 16.8 Å². The Morgan fingerprint density at radius 2 is 1.78 bits per heavy atom. The third-order valence-corrected chi connectivity index (χ3v) is 3.13. The molecule has 0 spiro atoms. The highest BCUT2D eigenvalue weighted by Crippen LogP contribution is 2.23. The lowest BCUT2D eigenvalue weighted by Crippen LogP contribution is -2.22. The first-order valence-electron chi connectivity index (χ1n) is 7.95. The second-order valence-electron chi connectivity index (χ2n) is 6.48. The summed E-state index contributed by atoms with van der Waals surface area (Å²) in [6.07, 6.45) is 4.23. The molecule has 0 aliphatic heterocycles. The highest BCUT2D eigenvalue weighted by atomic mass is 16.6. The average molecular weight is 312 g/mol. The summed E-state index contributed by atoms with van der Waals surface area (Å²) >= 11 is 0. The molecule has 0 radical (unpaired) electrons. The summed E-state index contributed by atoms with van der Waals surface area (Å²) in [5, 5.41) is 2.23. The minimum atomic E-state index is -0.473. The van der Waals surface area contributed by atoms with E-state index in [0.29, 0.717) is 0 Å². The van der Waals surface area contributed by atoms with Gasteiger partial charge in [0, 0.05) is 6.08 Å². The van der Waals surface area contributed by atoms with Gasteiger partial charge >= 0.3 is 5.97 Å². The number of benzene rings is 2. The number of hydrogen-bond acceptors (Lipinski definition) is 3. The van der Waals surface area contributed by atoms with Crippen LogP contribution in [0.5, 0.6) is 5.75 Å². The van der Waals surface area contributed by atoms with Crippen LogP contribution in [-0.2, 0) is 9.53 Å². The molecule has 0 amide bonds. The summed E-state index contributed by atoms with van der Waals surface area (Å²) in [5.41, 5.74) is 0.491. The van der Waals surface area contributed by atoms with Crippen molar-refractivity contribution >= 4 is 22.8 Å².